The van der Waals surface area contributed by atoms with Gasteiger partial charge >= 0.3 is 0 Å². The van der Waals surface area contributed by atoms with Gasteiger partial charge in [0.15, 0.2) is 0 Å². The van der Waals surface area contributed by atoms with E-state index in [0.717, 1.165) is 12.1 Å². The van der Waals surface area contributed by atoms with Crippen LogP contribution in [0.5, 0.6) is 0 Å². The standard InChI is InChI=1S/C11H24N2/c1-5-10(3)13-8-9(2)12-7-6-11(13)4/h9-12H,5-8H2,1-4H3. The average Bonchev–Trinajstić information content (AvgIpc) is 2.27. The molecule has 78 valence electrons. The molecule has 1 heterocycles. The Kier molecular flexibility index (Phi) is 4.20. The van der Waals surface area contributed by atoms with Crippen LogP contribution in [0.4, 0.5) is 0 Å². The molecular formula is C11H24N2. The summed E-state index contributed by atoms with van der Waals surface area (Å²) < 4.78 is 0. The van der Waals surface area contributed by atoms with Gasteiger partial charge in [-0.1, -0.05) is 6.92 Å². The van der Waals surface area contributed by atoms with Gasteiger partial charge in [-0.3, -0.25) is 4.90 Å². The molecule has 0 aliphatic carbocycles. The van der Waals surface area contributed by atoms with Crippen molar-refractivity contribution in [1.82, 2.24) is 10.2 Å². The van der Waals surface area contributed by atoms with Gasteiger partial charge in [0, 0.05) is 24.7 Å². The van der Waals surface area contributed by atoms with Gasteiger partial charge in [0.05, 0.1) is 0 Å². The van der Waals surface area contributed by atoms with Gasteiger partial charge in [0.1, 0.15) is 0 Å². The highest BCUT2D eigenvalue weighted by Gasteiger charge is 2.23. The number of hydrogen-bond acceptors (Lipinski definition) is 2. The zero-order chi connectivity index (χ0) is 9.84. The van der Waals surface area contributed by atoms with Crippen LogP contribution in [0.2, 0.25) is 0 Å². The fraction of sp³-hybridized carbons (Fsp3) is 1.00. The summed E-state index contributed by atoms with van der Waals surface area (Å²) in [5.41, 5.74) is 0. The minimum absolute atomic E-state index is 0.652. The first-order valence-corrected chi connectivity index (χ1v) is 5.64. The van der Waals surface area contributed by atoms with E-state index < -0.39 is 0 Å². The normalized spacial score (nSPS) is 34.2. The Morgan fingerprint density at radius 1 is 1.46 bits per heavy atom. The van der Waals surface area contributed by atoms with Crippen LogP contribution in [0.15, 0.2) is 0 Å². The van der Waals surface area contributed by atoms with Crippen LogP contribution in [-0.2, 0) is 0 Å². The Bertz CT molecular complexity index is 147. The Labute approximate surface area is 82.7 Å². The van der Waals surface area contributed by atoms with Crippen molar-refractivity contribution in [2.45, 2.75) is 58.7 Å². The summed E-state index contributed by atoms with van der Waals surface area (Å²) in [5, 5.41) is 3.54. The molecule has 1 aliphatic heterocycles. The lowest BCUT2D eigenvalue weighted by molar-refractivity contribution is 0.149. The van der Waals surface area contributed by atoms with Crippen molar-refractivity contribution in [3.8, 4) is 0 Å². The van der Waals surface area contributed by atoms with E-state index in [0.29, 0.717) is 6.04 Å². The van der Waals surface area contributed by atoms with E-state index in [1.807, 2.05) is 0 Å². The molecule has 0 aromatic heterocycles. The van der Waals surface area contributed by atoms with Gasteiger partial charge in [-0.25, -0.2) is 0 Å². The van der Waals surface area contributed by atoms with Crippen molar-refractivity contribution in [2.75, 3.05) is 13.1 Å². The molecule has 1 aliphatic rings. The maximum Gasteiger partial charge on any atom is 0.0166 e. The molecule has 0 saturated carbocycles. The first-order chi connectivity index (χ1) is 6.15. The zero-order valence-electron chi connectivity index (χ0n) is 9.51. The lowest BCUT2D eigenvalue weighted by Crippen LogP contribution is -2.43. The van der Waals surface area contributed by atoms with Gasteiger partial charge in [0.25, 0.3) is 0 Å². The van der Waals surface area contributed by atoms with Crippen molar-refractivity contribution in [2.24, 2.45) is 0 Å². The molecule has 0 radical (unpaired) electrons. The molecular weight excluding hydrogens is 160 g/mol. The quantitative estimate of drug-likeness (QED) is 0.704. The highest BCUT2D eigenvalue weighted by molar-refractivity contribution is 4.81. The predicted octanol–water partition coefficient (Wildman–Crippen LogP) is 1.86. The first-order valence-electron chi connectivity index (χ1n) is 5.64. The van der Waals surface area contributed by atoms with E-state index in [9.17, 15) is 0 Å². The molecule has 0 aromatic rings. The molecule has 2 heteroatoms. The fourth-order valence-corrected chi connectivity index (χ4v) is 2.11. The Morgan fingerprint density at radius 3 is 2.77 bits per heavy atom. The summed E-state index contributed by atoms with van der Waals surface area (Å²) in [6, 6.07) is 2.13. The minimum atomic E-state index is 0.652. The van der Waals surface area contributed by atoms with Gasteiger partial charge in [-0.2, -0.15) is 0 Å². The largest absolute Gasteiger partial charge is 0.313 e. The third-order valence-electron chi connectivity index (χ3n) is 3.26. The van der Waals surface area contributed by atoms with Crippen LogP contribution in [-0.4, -0.2) is 36.1 Å². The Morgan fingerprint density at radius 2 is 2.15 bits per heavy atom. The second-order valence-electron chi connectivity index (χ2n) is 4.45. The summed E-state index contributed by atoms with van der Waals surface area (Å²) in [5.74, 6) is 0. The maximum atomic E-state index is 3.54. The molecule has 3 unspecified atom stereocenters. The highest BCUT2D eigenvalue weighted by Crippen LogP contribution is 2.14. The van der Waals surface area contributed by atoms with Gasteiger partial charge in [-0.05, 0) is 40.2 Å². The number of hydrogen-bond donors (Lipinski definition) is 1. The second kappa shape index (κ2) is 4.97. The number of rotatable bonds is 2. The van der Waals surface area contributed by atoms with Gasteiger partial charge in [-0.15, -0.1) is 0 Å². The van der Waals surface area contributed by atoms with E-state index in [1.165, 1.54) is 25.9 Å². The molecule has 0 bridgehead atoms. The van der Waals surface area contributed by atoms with E-state index in [2.05, 4.69) is 37.9 Å². The van der Waals surface area contributed by atoms with E-state index >= 15 is 0 Å². The lowest BCUT2D eigenvalue weighted by atomic mass is 10.1. The molecule has 1 rings (SSSR count). The van der Waals surface area contributed by atoms with Crippen molar-refractivity contribution in [3.05, 3.63) is 0 Å². The summed E-state index contributed by atoms with van der Waals surface area (Å²) in [4.78, 5) is 2.64. The van der Waals surface area contributed by atoms with Crippen molar-refractivity contribution in [1.29, 1.82) is 0 Å². The summed E-state index contributed by atoms with van der Waals surface area (Å²) in [6.07, 6.45) is 2.55. The molecule has 1 saturated heterocycles. The second-order valence-corrected chi connectivity index (χ2v) is 4.45. The van der Waals surface area contributed by atoms with Crippen molar-refractivity contribution < 1.29 is 0 Å². The van der Waals surface area contributed by atoms with Crippen molar-refractivity contribution in [3.63, 3.8) is 0 Å². The molecule has 1 N–H and O–H groups in total. The van der Waals surface area contributed by atoms with Crippen LogP contribution >= 0.6 is 0 Å². The topological polar surface area (TPSA) is 15.3 Å². The summed E-state index contributed by atoms with van der Waals surface area (Å²) >= 11 is 0. The molecule has 2 nitrogen and oxygen atoms in total. The third-order valence-corrected chi connectivity index (χ3v) is 3.26. The smallest absolute Gasteiger partial charge is 0.0166 e. The summed E-state index contributed by atoms with van der Waals surface area (Å²) in [6.45, 7) is 11.6. The third kappa shape index (κ3) is 2.96. The SMILES string of the molecule is CCC(C)N1CC(C)NCCC1C. The molecule has 0 amide bonds. The molecule has 13 heavy (non-hydrogen) atoms. The minimum Gasteiger partial charge on any atom is -0.313 e. The van der Waals surface area contributed by atoms with Crippen LogP contribution in [0.25, 0.3) is 0 Å². The Hall–Kier alpha value is -0.0800. The predicted molar refractivity (Wildman–Crippen MR) is 58.0 cm³/mol. The number of nitrogens with one attached hydrogen (secondary N) is 1. The monoisotopic (exact) mass is 184 g/mol. The van der Waals surface area contributed by atoms with Crippen LogP contribution in [0, 0.1) is 0 Å². The van der Waals surface area contributed by atoms with Crippen LogP contribution in [0.1, 0.15) is 40.5 Å². The lowest BCUT2D eigenvalue weighted by Gasteiger charge is -2.33. The van der Waals surface area contributed by atoms with Crippen LogP contribution < -0.4 is 5.32 Å². The Balaban J connectivity index is 2.56. The molecule has 3 atom stereocenters. The highest BCUT2D eigenvalue weighted by atomic mass is 15.2. The van der Waals surface area contributed by atoms with E-state index in [4.69, 9.17) is 0 Å². The molecule has 0 aromatic carbocycles. The first kappa shape index (κ1) is 11.0. The fourth-order valence-electron chi connectivity index (χ4n) is 2.11. The van der Waals surface area contributed by atoms with E-state index in [-0.39, 0.29) is 0 Å². The zero-order valence-corrected chi connectivity index (χ0v) is 9.51. The number of nitrogens with zero attached hydrogens (tertiary/aromatic N) is 1. The van der Waals surface area contributed by atoms with Crippen LogP contribution in [0.3, 0.4) is 0 Å². The van der Waals surface area contributed by atoms with Crippen molar-refractivity contribution >= 4 is 0 Å². The molecule has 0 spiro atoms. The van der Waals surface area contributed by atoms with E-state index in [1.54, 1.807) is 0 Å². The maximum absolute atomic E-state index is 3.54. The average molecular weight is 184 g/mol. The molecule has 1 fully saturated rings. The van der Waals surface area contributed by atoms with Gasteiger partial charge < -0.3 is 5.32 Å². The summed E-state index contributed by atoms with van der Waals surface area (Å²) in [7, 11) is 0. The van der Waals surface area contributed by atoms with Gasteiger partial charge in [0.2, 0.25) is 0 Å².